The number of hydrogen-bond donors (Lipinski definition) is 2. The lowest BCUT2D eigenvalue weighted by Crippen LogP contribution is -2.23. The summed E-state index contributed by atoms with van der Waals surface area (Å²) in [5.74, 6) is 0.476. The summed E-state index contributed by atoms with van der Waals surface area (Å²) in [7, 11) is 0. The molecule has 0 bridgehead atoms. The summed E-state index contributed by atoms with van der Waals surface area (Å²) in [5.41, 5.74) is 6.94. The third-order valence-electron chi connectivity index (χ3n) is 3.62. The topological polar surface area (TPSA) is 46.2 Å². The van der Waals surface area contributed by atoms with Crippen LogP contribution in [0.2, 0.25) is 10.0 Å². The van der Waals surface area contributed by atoms with Crippen molar-refractivity contribution < 1.29 is 5.11 Å². The van der Waals surface area contributed by atoms with Crippen LogP contribution in [0.1, 0.15) is 43.7 Å². The molecule has 1 aliphatic rings. The molecule has 0 radical (unpaired) electrons. The van der Waals surface area contributed by atoms with E-state index in [1.807, 2.05) is 0 Å². The maximum atomic E-state index is 9.98. The van der Waals surface area contributed by atoms with E-state index in [2.05, 4.69) is 0 Å². The molecule has 3 N–H and O–H groups in total. The number of phenolic OH excluding ortho intramolecular Hbond substituents is 1. The van der Waals surface area contributed by atoms with E-state index in [1.54, 1.807) is 12.1 Å². The van der Waals surface area contributed by atoms with Crippen molar-refractivity contribution in [1.29, 1.82) is 0 Å². The monoisotopic (exact) mass is 273 g/mol. The third-order valence-corrected chi connectivity index (χ3v) is 4.41. The Morgan fingerprint density at radius 1 is 1.18 bits per heavy atom. The number of aromatic hydroxyl groups is 1. The molecule has 1 saturated carbocycles. The van der Waals surface area contributed by atoms with E-state index < -0.39 is 0 Å². The molecule has 4 heteroatoms. The molecule has 0 aromatic heterocycles. The lowest BCUT2D eigenvalue weighted by Gasteiger charge is -2.28. The summed E-state index contributed by atoms with van der Waals surface area (Å²) in [6.07, 6.45) is 5.99. The van der Waals surface area contributed by atoms with Gasteiger partial charge in [-0.25, -0.2) is 0 Å². The molecule has 2 nitrogen and oxygen atoms in total. The van der Waals surface area contributed by atoms with Gasteiger partial charge >= 0.3 is 0 Å². The Labute approximate surface area is 112 Å². The van der Waals surface area contributed by atoms with Crippen molar-refractivity contribution in [1.82, 2.24) is 0 Å². The van der Waals surface area contributed by atoms with Gasteiger partial charge in [0.15, 0.2) is 0 Å². The average molecular weight is 274 g/mol. The molecule has 94 valence electrons. The number of halogens is 2. The Hall–Kier alpha value is -0.440. The standard InChI is InChI=1S/C13H17Cl2NO/c14-10-7-6-9(13(17)11(10)15)12(16)8-4-2-1-3-5-8/h6-8,12,17H,1-5,16H2/t12-/m1/s1. The third kappa shape index (κ3) is 2.70. The number of rotatable bonds is 2. The quantitative estimate of drug-likeness (QED) is 0.845. The van der Waals surface area contributed by atoms with Crippen molar-refractivity contribution in [2.24, 2.45) is 11.7 Å². The van der Waals surface area contributed by atoms with Crippen molar-refractivity contribution in [3.8, 4) is 5.75 Å². The summed E-state index contributed by atoms with van der Waals surface area (Å²) >= 11 is 11.8. The van der Waals surface area contributed by atoms with Crippen LogP contribution in [0, 0.1) is 5.92 Å². The highest BCUT2D eigenvalue weighted by Gasteiger charge is 2.25. The normalized spacial score (nSPS) is 19.2. The molecule has 1 aliphatic carbocycles. The summed E-state index contributed by atoms with van der Waals surface area (Å²) < 4.78 is 0. The van der Waals surface area contributed by atoms with E-state index >= 15 is 0 Å². The Bertz CT molecular complexity index is 403. The molecule has 1 atom stereocenters. The van der Waals surface area contributed by atoms with Crippen LogP contribution in [0.25, 0.3) is 0 Å². The Morgan fingerprint density at radius 3 is 2.47 bits per heavy atom. The van der Waals surface area contributed by atoms with Crippen LogP contribution in [0.15, 0.2) is 12.1 Å². The molecule has 0 amide bonds. The Kier molecular flexibility index (Phi) is 4.18. The van der Waals surface area contributed by atoms with Gasteiger partial charge in [-0.3, -0.25) is 0 Å². The molecule has 0 spiro atoms. The fraction of sp³-hybridized carbons (Fsp3) is 0.538. The van der Waals surface area contributed by atoms with Crippen molar-refractivity contribution in [3.05, 3.63) is 27.7 Å². The maximum Gasteiger partial charge on any atom is 0.140 e. The molecule has 0 unspecified atom stereocenters. The molecule has 1 aromatic carbocycles. The number of hydrogen-bond acceptors (Lipinski definition) is 2. The van der Waals surface area contributed by atoms with E-state index in [9.17, 15) is 5.11 Å². The van der Waals surface area contributed by atoms with E-state index in [0.717, 1.165) is 12.8 Å². The van der Waals surface area contributed by atoms with Crippen molar-refractivity contribution in [3.63, 3.8) is 0 Å². The molecule has 0 saturated heterocycles. The van der Waals surface area contributed by atoms with Crippen molar-refractivity contribution in [2.45, 2.75) is 38.1 Å². The lowest BCUT2D eigenvalue weighted by atomic mass is 9.81. The highest BCUT2D eigenvalue weighted by Crippen LogP contribution is 2.41. The minimum atomic E-state index is -0.148. The van der Waals surface area contributed by atoms with Gasteiger partial charge in [-0.15, -0.1) is 0 Å². The van der Waals surface area contributed by atoms with Crippen LogP contribution in [0.3, 0.4) is 0 Å². The maximum absolute atomic E-state index is 9.98. The van der Waals surface area contributed by atoms with E-state index in [4.69, 9.17) is 28.9 Å². The molecular weight excluding hydrogens is 257 g/mol. The Morgan fingerprint density at radius 2 is 1.82 bits per heavy atom. The van der Waals surface area contributed by atoms with Crippen LogP contribution in [0.4, 0.5) is 0 Å². The van der Waals surface area contributed by atoms with Gasteiger partial charge in [0.1, 0.15) is 10.8 Å². The SMILES string of the molecule is N[C@@H](c1ccc(Cl)c(Cl)c1O)C1CCCCC1. The molecular formula is C13H17Cl2NO. The second-order valence-corrected chi connectivity index (χ2v) is 5.51. The largest absolute Gasteiger partial charge is 0.506 e. The summed E-state index contributed by atoms with van der Waals surface area (Å²) in [5, 5.41) is 10.6. The molecule has 1 fully saturated rings. The van der Waals surface area contributed by atoms with Crippen LogP contribution in [-0.2, 0) is 0 Å². The second-order valence-electron chi connectivity index (χ2n) is 4.72. The summed E-state index contributed by atoms with van der Waals surface area (Å²) in [6, 6.07) is 3.33. The van der Waals surface area contributed by atoms with E-state index in [0.29, 0.717) is 16.5 Å². The van der Waals surface area contributed by atoms with Crippen molar-refractivity contribution in [2.75, 3.05) is 0 Å². The van der Waals surface area contributed by atoms with Gasteiger partial charge in [-0.05, 0) is 24.8 Å². The molecule has 17 heavy (non-hydrogen) atoms. The smallest absolute Gasteiger partial charge is 0.140 e. The van der Waals surface area contributed by atoms with Gasteiger partial charge in [-0.1, -0.05) is 48.5 Å². The second kappa shape index (κ2) is 5.47. The minimum absolute atomic E-state index is 0.0391. The van der Waals surface area contributed by atoms with E-state index in [1.165, 1.54) is 19.3 Å². The zero-order valence-corrected chi connectivity index (χ0v) is 11.1. The van der Waals surface area contributed by atoms with Crippen LogP contribution in [0.5, 0.6) is 5.75 Å². The first-order valence-electron chi connectivity index (χ1n) is 6.03. The zero-order valence-electron chi connectivity index (χ0n) is 9.63. The fourth-order valence-electron chi connectivity index (χ4n) is 2.57. The highest BCUT2D eigenvalue weighted by atomic mass is 35.5. The summed E-state index contributed by atoms with van der Waals surface area (Å²) in [4.78, 5) is 0. The molecule has 2 rings (SSSR count). The highest BCUT2D eigenvalue weighted by molar-refractivity contribution is 6.43. The van der Waals surface area contributed by atoms with Crippen LogP contribution < -0.4 is 5.73 Å². The van der Waals surface area contributed by atoms with Gasteiger partial charge in [0.25, 0.3) is 0 Å². The first-order valence-corrected chi connectivity index (χ1v) is 6.79. The van der Waals surface area contributed by atoms with Crippen LogP contribution in [-0.4, -0.2) is 5.11 Å². The van der Waals surface area contributed by atoms with Gasteiger partial charge in [0, 0.05) is 11.6 Å². The first kappa shape index (κ1) is 13.0. The van der Waals surface area contributed by atoms with Crippen LogP contribution >= 0.6 is 23.2 Å². The molecule has 0 aliphatic heterocycles. The minimum Gasteiger partial charge on any atom is -0.506 e. The number of benzene rings is 1. The lowest BCUT2D eigenvalue weighted by molar-refractivity contribution is 0.303. The molecule has 0 heterocycles. The predicted molar refractivity (Wildman–Crippen MR) is 71.6 cm³/mol. The van der Waals surface area contributed by atoms with Gasteiger partial charge in [0.2, 0.25) is 0 Å². The Balaban J connectivity index is 2.24. The zero-order chi connectivity index (χ0) is 12.4. The molecule has 1 aromatic rings. The fourth-order valence-corrected chi connectivity index (χ4v) is 2.90. The predicted octanol–water partition coefficient (Wildman–Crippen LogP) is 4.28. The number of nitrogens with two attached hydrogens (primary N) is 1. The number of phenols is 1. The van der Waals surface area contributed by atoms with Gasteiger partial charge in [-0.2, -0.15) is 0 Å². The first-order chi connectivity index (χ1) is 8.11. The van der Waals surface area contributed by atoms with E-state index in [-0.39, 0.29) is 16.8 Å². The van der Waals surface area contributed by atoms with Crippen molar-refractivity contribution >= 4 is 23.2 Å². The average Bonchev–Trinajstić information content (AvgIpc) is 2.36. The summed E-state index contributed by atoms with van der Waals surface area (Å²) in [6.45, 7) is 0. The van der Waals surface area contributed by atoms with Gasteiger partial charge < -0.3 is 10.8 Å². The van der Waals surface area contributed by atoms with Gasteiger partial charge in [0.05, 0.1) is 5.02 Å².